The zero-order valence-corrected chi connectivity index (χ0v) is 10.9. The topological polar surface area (TPSA) is 26.0 Å². The number of hydrogen-bond acceptors (Lipinski definition) is 1. The first-order chi connectivity index (χ1) is 8.24. The Morgan fingerprint density at radius 1 is 0.833 bits per heavy atom. The maximum Gasteiger partial charge on any atom is 0.123 e. The van der Waals surface area contributed by atoms with Crippen molar-refractivity contribution in [3.05, 3.63) is 71.5 Å². The largest absolute Gasteiger partial charge is 0.327 e. The van der Waals surface area contributed by atoms with Gasteiger partial charge >= 0.3 is 0 Å². The monoisotopic (exact) mass is 265 g/mol. The van der Waals surface area contributed by atoms with Crippen molar-refractivity contribution in [3.8, 4) is 0 Å². The van der Waals surface area contributed by atoms with Gasteiger partial charge in [-0.1, -0.05) is 42.5 Å². The molecule has 0 fully saturated rings. The van der Waals surface area contributed by atoms with E-state index in [-0.39, 0.29) is 24.3 Å². The van der Waals surface area contributed by atoms with Crippen LogP contribution in [0.5, 0.6) is 0 Å². The Bertz CT molecular complexity index is 456. The SMILES string of the molecule is Cl.NC(Cc1ccccc1)Cc1ccc(F)cc1. The number of benzene rings is 2. The van der Waals surface area contributed by atoms with E-state index in [9.17, 15) is 4.39 Å². The number of rotatable bonds is 4. The van der Waals surface area contributed by atoms with E-state index in [1.165, 1.54) is 17.7 Å². The van der Waals surface area contributed by atoms with E-state index in [0.29, 0.717) is 0 Å². The second-order valence-corrected chi connectivity index (χ2v) is 4.28. The van der Waals surface area contributed by atoms with Crippen LogP contribution >= 0.6 is 12.4 Å². The summed E-state index contributed by atoms with van der Waals surface area (Å²) in [5, 5.41) is 0. The van der Waals surface area contributed by atoms with Gasteiger partial charge in [-0.2, -0.15) is 0 Å². The van der Waals surface area contributed by atoms with E-state index in [0.717, 1.165) is 18.4 Å². The molecule has 2 aromatic rings. The molecule has 96 valence electrons. The highest BCUT2D eigenvalue weighted by Crippen LogP contribution is 2.08. The Kier molecular flexibility index (Phi) is 5.83. The Morgan fingerprint density at radius 3 is 1.89 bits per heavy atom. The van der Waals surface area contributed by atoms with Gasteiger partial charge in [0, 0.05) is 6.04 Å². The van der Waals surface area contributed by atoms with Gasteiger partial charge in [0.2, 0.25) is 0 Å². The fourth-order valence-electron chi connectivity index (χ4n) is 1.91. The summed E-state index contributed by atoms with van der Waals surface area (Å²) in [6, 6.07) is 16.8. The van der Waals surface area contributed by atoms with Crippen LogP contribution < -0.4 is 5.73 Å². The highest BCUT2D eigenvalue weighted by Gasteiger charge is 2.05. The number of hydrogen-bond donors (Lipinski definition) is 1. The van der Waals surface area contributed by atoms with Gasteiger partial charge in [0.1, 0.15) is 5.82 Å². The van der Waals surface area contributed by atoms with Crippen molar-refractivity contribution >= 4 is 12.4 Å². The standard InChI is InChI=1S/C15H16FN.ClH/c16-14-8-6-13(7-9-14)11-15(17)10-12-4-2-1-3-5-12;/h1-9,15H,10-11,17H2;1H. The molecule has 1 nitrogen and oxygen atoms in total. The first-order valence-corrected chi connectivity index (χ1v) is 5.78. The second-order valence-electron chi connectivity index (χ2n) is 4.28. The minimum absolute atomic E-state index is 0. The maximum absolute atomic E-state index is 12.7. The third kappa shape index (κ3) is 4.47. The quantitative estimate of drug-likeness (QED) is 0.901. The van der Waals surface area contributed by atoms with Crippen molar-refractivity contribution in [2.24, 2.45) is 5.73 Å². The smallest absolute Gasteiger partial charge is 0.123 e. The van der Waals surface area contributed by atoms with Gasteiger partial charge in [0.25, 0.3) is 0 Å². The third-order valence-corrected chi connectivity index (χ3v) is 2.75. The van der Waals surface area contributed by atoms with Crippen LogP contribution in [0.3, 0.4) is 0 Å². The van der Waals surface area contributed by atoms with Crippen molar-refractivity contribution in [2.75, 3.05) is 0 Å². The molecule has 2 N–H and O–H groups in total. The lowest BCUT2D eigenvalue weighted by molar-refractivity contribution is 0.623. The second kappa shape index (κ2) is 7.14. The van der Waals surface area contributed by atoms with Gasteiger partial charge in [-0.15, -0.1) is 12.4 Å². The Balaban J connectivity index is 0.00000162. The Morgan fingerprint density at radius 2 is 1.33 bits per heavy atom. The molecule has 0 aromatic heterocycles. The lowest BCUT2D eigenvalue weighted by atomic mass is 10.00. The predicted octanol–water partition coefficient (Wildman–Crippen LogP) is 3.36. The molecule has 0 saturated carbocycles. The molecule has 2 rings (SSSR count). The van der Waals surface area contributed by atoms with Crippen LogP contribution in [0, 0.1) is 5.82 Å². The fourth-order valence-corrected chi connectivity index (χ4v) is 1.91. The molecule has 2 aromatic carbocycles. The van der Waals surface area contributed by atoms with E-state index in [2.05, 4.69) is 12.1 Å². The fraction of sp³-hybridized carbons (Fsp3) is 0.200. The zero-order valence-electron chi connectivity index (χ0n) is 10.1. The van der Waals surface area contributed by atoms with Gasteiger partial charge in [0.05, 0.1) is 0 Å². The highest BCUT2D eigenvalue weighted by atomic mass is 35.5. The molecule has 1 unspecified atom stereocenters. The summed E-state index contributed by atoms with van der Waals surface area (Å²) in [5.41, 5.74) is 8.40. The normalized spacial score (nSPS) is 11.7. The van der Waals surface area contributed by atoms with E-state index in [4.69, 9.17) is 5.73 Å². The van der Waals surface area contributed by atoms with Crippen LogP contribution in [0.15, 0.2) is 54.6 Å². The molecule has 18 heavy (non-hydrogen) atoms. The number of nitrogens with two attached hydrogens (primary N) is 1. The van der Waals surface area contributed by atoms with Gasteiger partial charge < -0.3 is 5.73 Å². The zero-order chi connectivity index (χ0) is 12.1. The molecule has 3 heteroatoms. The van der Waals surface area contributed by atoms with Crippen LogP contribution in [0.25, 0.3) is 0 Å². The molecule has 0 amide bonds. The summed E-state index contributed by atoms with van der Waals surface area (Å²) >= 11 is 0. The van der Waals surface area contributed by atoms with Crippen LogP contribution in [-0.2, 0) is 12.8 Å². The Hall–Kier alpha value is -1.38. The first kappa shape index (κ1) is 14.7. The molecule has 0 bridgehead atoms. The van der Waals surface area contributed by atoms with E-state index >= 15 is 0 Å². The molecule has 0 aliphatic carbocycles. The van der Waals surface area contributed by atoms with Gasteiger partial charge in [0.15, 0.2) is 0 Å². The summed E-state index contributed by atoms with van der Waals surface area (Å²) in [5.74, 6) is -0.203. The molecule has 0 aliphatic heterocycles. The minimum Gasteiger partial charge on any atom is -0.327 e. The number of halogens is 2. The molecule has 0 saturated heterocycles. The molecule has 0 radical (unpaired) electrons. The molecule has 0 spiro atoms. The highest BCUT2D eigenvalue weighted by molar-refractivity contribution is 5.85. The Labute approximate surface area is 113 Å². The average Bonchev–Trinajstić information content (AvgIpc) is 2.33. The van der Waals surface area contributed by atoms with Gasteiger partial charge in [-0.05, 0) is 36.1 Å². The maximum atomic E-state index is 12.7. The van der Waals surface area contributed by atoms with Crippen LogP contribution in [0.2, 0.25) is 0 Å². The molecule has 1 atom stereocenters. The van der Waals surface area contributed by atoms with Gasteiger partial charge in [-0.3, -0.25) is 0 Å². The third-order valence-electron chi connectivity index (χ3n) is 2.75. The lowest BCUT2D eigenvalue weighted by Crippen LogP contribution is -2.25. The summed E-state index contributed by atoms with van der Waals surface area (Å²) < 4.78 is 12.7. The van der Waals surface area contributed by atoms with E-state index in [1.54, 1.807) is 12.1 Å². The molecule has 0 heterocycles. The van der Waals surface area contributed by atoms with Crippen LogP contribution in [0.4, 0.5) is 4.39 Å². The summed E-state index contributed by atoms with van der Waals surface area (Å²) in [4.78, 5) is 0. The van der Waals surface area contributed by atoms with Crippen molar-refractivity contribution in [2.45, 2.75) is 18.9 Å². The minimum atomic E-state index is -0.203. The predicted molar refractivity (Wildman–Crippen MR) is 75.5 cm³/mol. The van der Waals surface area contributed by atoms with Crippen molar-refractivity contribution in [3.63, 3.8) is 0 Å². The molecular weight excluding hydrogens is 249 g/mol. The lowest BCUT2D eigenvalue weighted by Gasteiger charge is -2.11. The van der Waals surface area contributed by atoms with E-state index < -0.39 is 0 Å². The van der Waals surface area contributed by atoms with Crippen LogP contribution in [0.1, 0.15) is 11.1 Å². The average molecular weight is 266 g/mol. The van der Waals surface area contributed by atoms with Crippen LogP contribution in [-0.4, -0.2) is 6.04 Å². The molecule has 0 aliphatic rings. The summed E-state index contributed by atoms with van der Waals surface area (Å²) in [6.07, 6.45) is 1.62. The van der Waals surface area contributed by atoms with E-state index in [1.807, 2.05) is 18.2 Å². The van der Waals surface area contributed by atoms with Crippen molar-refractivity contribution in [1.29, 1.82) is 0 Å². The van der Waals surface area contributed by atoms with Crippen molar-refractivity contribution in [1.82, 2.24) is 0 Å². The summed E-state index contributed by atoms with van der Waals surface area (Å²) in [7, 11) is 0. The molecular formula is C15H17ClFN. The first-order valence-electron chi connectivity index (χ1n) is 5.78. The van der Waals surface area contributed by atoms with Crippen molar-refractivity contribution < 1.29 is 4.39 Å². The summed E-state index contributed by atoms with van der Waals surface area (Å²) in [6.45, 7) is 0. The van der Waals surface area contributed by atoms with Gasteiger partial charge in [-0.25, -0.2) is 4.39 Å².